The standard InChI is InChI=1S/C34H48O4/c1-5-7-8-10-26-12-14-28(15-13-26)30-18-19-32(27(6-2)23-30)31-17-16-29(11-9-20-35)33(24-31)37-21-22-38-34(36)25(3)4/h16-19,23-24,26,28,35H,3,5-15,20-22H2,1-2,4H3. The van der Waals surface area contributed by atoms with Crippen LogP contribution in [0.1, 0.15) is 101 Å². The molecule has 0 amide bonds. The summed E-state index contributed by atoms with van der Waals surface area (Å²) in [4.78, 5) is 11.7. The molecule has 0 spiro atoms. The molecular weight excluding hydrogens is 472 g/mol. The van der Waals surface area contributed by atoms with Gasteiger partial charge in [0.25, 0.3) is 0 Å². The van der Waals surface area contributed by atoms with Gasteiger partial charge in [-0.1, -0.05) is 76.4 Å². The number of aryl methyl sites for hydroxylation is 2. The molecule has 0 bridgehead atoms. The fraction of sp³-hybridized carbons (Fsp3) is 0.559. The van der Waals surface area contributed by atoms with Gasteiger partial charge in [0.15, 0.2) is 0 Å². The number of hydrogen-bond acceptors (Lipinski definition) is 4. The average molecular weight is 521 g/mol. The van der Waals surface area contributed by atoms with E-state index in [1.165, 1.54) is 68.1 Å². The molecule has 1 fully saturated rings. The Balaban J connectivity index is 1.72. The summed E-state index contributed by atoms with van der Waals surface area (Å²) in [6, 6.07) is 13.4. The molecule has 1 N–H and O–H groups in total. The predicted molar refractivity (Wildman–Crippen MR) is 157 cm³/mol. The molecule has 1 aliphatic rings. The van der Waals surface area contributed by atoms with Gasteiger partial charge in [0.05, 0.1) is 0 Å². The third kappa shape index (κ3) is 8.73. The number of ether oxygens (including phenoxy) is 2. The topological polar surface area (TPSA) is 55.8 Å². The molecule has 4 heteroatoms. The van der Waals surface area contributed by atoms with E-state index in [0.717, 1.165) is 35.6 Å². The van der Waals surface area contributed by atoms with Crippen molar-refractivity contribution in [3.8, 4) is 16.9 Å². The molecule has 208 valence electrons. The molecule has 0 atom stereocenters. The van der Waals surface area contributed by atoms with Crippen LogP contribution in [0.5, 0.6) is 5.75 Å². The average Bonchev–Trinajstić information content (AvgIpc) is 2.94. The van der Waals surface area contributed by atoms with Crippen molar-refractivity contribution in [3.05, 3.63) is 65.2 Å². The second-order valence-electron chi connectivity index (χ2n) is 10.9. The molecule has 0 saturated heterocycles. The van der Waals surface area contributed by atoms with Crippen LogP contribution in [0.25, 0.3) is 11.1 Å². The van der Waals surface area contributed by atoms with E-state index in [1.54, 1.807) is 6.92 Å². The molecular formula is C34H48O4. The van der Waals surface area contributed by atoms with Crippen LogP contribution in [-0.2, 0) is 22.4 Å². The first kappa shape index (κ1) is 30.0. The Morgan fingerprint density at radius 1 is 0.974 bits per heavy atom. The number of rotatable bonds is 15. The summed E-state index contributed by atoms with van der Waals surface area (Å²) in [6.07, 6.45) is 13.2. The highest BCUT2D eigenvalue weighted by Gasteiger charge is 2.23. The highest BCUT2D eigenvalue weighted by atomic mass is 16.6. The lowest BCUT2D eigenvalue weighted by Crippen LogP contribution is -2.13. The molecule has 1 aliphatic carbocycles. The van der Waals surface area contributed by atoms with Crippen LogP contribution in [-0.4, -0.2) is 30.9 Å². The molecule has 0 heterocycles. The van der Waals surface area contributed by atoms with Crippen LogP contribution in [0.2, 0.25) is 0 Å². The van der Waals surface area contributed by atoms with E-state index in [0.29, 0.717) is 17.9 Å². The third-order valence-corrected chi connectivity index (χ3v) is 7.95. The minimum absolute atomic E-state index is 0.138. The van der Waals surface area contributed by atoms with Gasteiger partial charge in [-0.3, -0.25) is 0 Å². The van der Waals surface area contributed by atoms with E-state index >= 15 is 0 Å². The Morgan fingerprint density at radius 2 is 1.76 bits per heavy atom. The van der Waals surface area contributed by atoms with Gasteiger partial charge in [-0.15, -0.1) is 0 Å². The number of esters is 1. The van der Waals surface area contributed by atoms with Crippen LogP contribution in [0.15, 0.2) is 48.6 Å². The van der Waals surface area contributed by atoms with Crippen LogP contribution in [0.4, 0.5) is 0 Å². The Labute approximate surface area is 230 Å². The Bertz CT molecular complexity index is 1030. The molecule has 0 aliphatic heterocycles. The Kier molecular flexibility index (Phi) is 12.4. The summed E-state index contributed by atoms with van der Waals surface area (Å²) >= 11 is 0. The number of carbonyl (C=O) groups excluding carboxylic acids is 1. The first-order valence-electron chi connectivity index (χ1n) is 14.8. The lowest BCUT2D eigenvalue weighted by atomic mass is 9.76. The lowest BCUT2D eigenvalue weighted by Gasteiger charge is -2.29. The SMILES string of the molecule is C=C(C)C(=O)OCCOc1cc(-c2ccc(C3CCC(CCCCC)CC3)cc2CC)ccc1CCCO. The van der Waals surface area contributed by atoms with Gasteiger partial charge in [0, 0.05) is 12.2 Å². The summed E-state index contributed by atoms with van der Waals surface area (Å²) in [7, 11) is 0. The van der Waals surface area contributed by atoms with Crippen LogP contribution in [0.3, 0.4) is 0 Å². The molecule has 0 radical (unpaired) electrons. The smallest absolute Gasteiger partial charge is 0.333 e. The summed E-state index contributed by atoms with van der Waals surface area (Å²) in [5.41, 5.74) is 6.68. The summed E-state index contributed by atoms with van der Waals surface area (Å²) in [5.74, 6) is 1.99. The number of carbonyl (C=O) groups is 1. The van der Waals surface area contributed by atoms with Gasteiger partial charge in [-0.05, 0) is 97.6 Å². The van der Waals surface area contributed by atoms with Crippen molar-refractivity contribution < 1.29 is 19.4 Å². The molecule has 38 heavy (non-hydrogen) atoms. The maximum absolute atomic E-state index is 11.7. The van der Waals surface area contributed by atoms with Crippen LogP contribution < -0.4 is 4.74 Å². The minimum Gasteiger partial charge on any atom is -0.490 e. The van der Waals surface area contributed by atoms with Crippen molar-refractivity contribution in [3.63, 3.8) is 0 Å². The van der Waals surface area contributed by atoms with E-state index in [-0.39, 0.29) is 19.8 Å². The van der Waals surface area contributed by atoms with E-state index in [1.807, 2.05) is 0 Å². The zero-order valence-electron chi connectivity index (χ0n) is 23.9. The lowest BCUT2D eigenvalue weighted by molar-refractivity contribution is -0.139. The molecule has 3 rings (SSSR count). The second-order valence-corrected chi connectivity index (χ2v) is 10.9. The molecule has 2 aromatic carbocycles. The predicted octanol–water partition coefficient (Wildman–Crippen LogP) is 8.19. The monoisotopic (exact) mass is 520 g/mol. The first-order valence-corrected chi connectivity index (χ1v) is 14.8. The second kappa shape index (κ2) is 15.7. The fourth-order valence-corrected chi connectivity index (χ4v) is 5.65. The Morgan fingerprint density at radius 3 is 2.45 bits per heavy atom. The van der Waals surface area contributed by atoms with E-state index < -0.39 is 5.97 Å². The fourth-order valence-electron chi connectivity index (χ4n) is 5.65. The number of hydrogen-bond donors (Lipinski definition) is 1. The van der Waals surface area contributed by atoms with Crippen molar-refractivity contribution >= 4 is 5.97 Å². The maximum Gasteiger partial charge on any atom is 0.333 e. The third-order valence-electron chi connectivity index (χ3n) is 7.95. The van der Waals surface area contributed by atoms with E-state index in [9.17, 15) is 9.90 Å². The van der Waals surface area contributed by atoms with Gasteiger partial charge < -0.3 is 14.6 Å². The van der Waals surface area contributed by atoms with E-state index in [2.05, 4.69) is 56.8 Å². The number of unbranched alkanes of at least 4 members (excludes halogenated alkanes) is 2. The minimum atomic E-state index is -0.402. The normalized spacial score (nSPS) is 17.3. The van der Waals surface area contributed by atoms with Gasteiger partial charge in [-0.2, -0.15) is 0 Å². The van der Waals surface area contributed by atoms with Gasteiger partial charge in [0.1, 0.15) is 19.0 Å². The number of aliphatic hydroxyl groups is 1. The molecule has 2 aromatic rings. The van der Waals surface area contributed by atoms with Crippen molar-refractivity contribution in [2.24, 2.45) is 5.92 Å². The van der Waals surface area contributed by atoms with Crippen molar-refractivity contribution in [2.75, 3.05) is 19.8 Å². The molecule has 1 saturated carbocycles. The van der Waals surface area contributed by atoms with Crippen molar-refractivity contribution in [2.45, 2.75) is 97.3 Å². The van der Waals surface area contributed by atoms with Crippen molar-refractivity contribution in [1.82, 2.24) is 0 Å². The largest absolute Gasteiger partial charge is 0.490 e. The quantitative estimate of drug-likeness (QED) is 0.146. The summed E-state index contributed by atoms with van der Waals surface area (Å²) < 4.78 is 11.3. The summed E-state index contributed by atoms with van der Waals surface area (Å²) in [5, 5.41) is 9.34. The molecule has 4 nitrogen and oxygen atoms in total. The van der Waals surface area contributed by atoms with Crippen molar-refractivity contribution in [1.29, 1.82) is 0 Å². The highest BCUT2D eigenvalue weighted by Crippen LogP contribution is 2.39. The van der Waals surface area contributed by atoms with Crippen LogP contribution in [0, 0.1) is 5.92 Å². The molecule has 0 aromatic heterocycles. The van der Waals surface area contributed by atoms with E-state index in [4.69, 9.17) is 9.47 Å². The number of benzene rings is 2. The van der Waals surface area contributed by atoms with Gasteiger partial charge in [0.2, 0.25) is 0 Å². The zero-order valence-corrected chi connectivity index (χ0v) is 23.9. The number of aliphatic hydroxyl groups excluding tert-OH is 1. The van der Waals surface area contributed by atoms with Crippen LogP contribution >= 0.6 is 0 Å². The Hall–Kier alpha value is -2.59. The van der Waals surface area contributed by atoms with Gasteiger partial charge in [-0.25, -0.2) is 4.79 Å². The zero-order chi connectivity index (χ0) is 27.3. The van der Waals surface area contributed by atoms with Gasteiger partial charge >= 0.3 is 5.97 Å². The maximum atomic E-state index is 11.7. The first-order chi connectivity index (χ1) is 18.5. The highest BCUT2D eigenvalue weighted by molar-refractivity contribution is 5.86. The summed E-state index contributed by atoms with van der Waals surface area (Å²) in [6.45, 7) is 10.4. The molecule has 0 unspecified atom stereocenters.